The lowest BCUT2D eigenvalue weighted by atomic mass is 9.92. The predicted octanol–water partition coefficient (Wildman–Crippen LogP) is 1.80. The van der Waals surface area contributed by atoms with Crippen LogP contribution in [0.2, 0.25) is 0 Å². The van der Waals surface area contributed by atoms with E-state index < -0.39 is 0 Å². The Morgan fingerprint density at radius 1 is 1.11 bits per heavy atom. The van der Waals surface area contributed by atoms with Gasteiger partial charge in [-0.25, -0.2) is 4.98 Å². The van der Waals surface area contributed by atoms with Crippen molar-refractivity contribution in [1.82, 2.24) is 30.1 Å². The topological polar surface area (TPSA) is 77.2 Å². The van der Waals surface area contributed by atoms with Crippen molar-refractivity contribution in [3.05, 3.63) is 48.3 Å². The molecule has 4 heterocycles. The number of imidazole rings is 1. The molecular weight excluding hydrogens is 352 g/mol. The number of amides is 1. The van der Waals surface area contributed by atoms with E-state index in [-0.39, 0.29) is 11.8 Å². The summed E-state index contributed by atoms with van der Waals surface area (Å²) in [5, 5.41) is 3.08. The van der Waals surface area contributed by atoms with Crippen LogP contribution in [0.1, 0.15) is 36.9 Å². The van der Waals surface area contributed by atoms with Gasteiger partial charge in [0.25, 0.3) is 0 Å². The normalized spacial score (nSPS) is 20.3. The Morgan fingerprint density at radius 3 is 2.61 bits per heavy atom. The van der Waals surface area contributed by atoms with Gasteiger partial charge in [0, 0.05) is 62.4 Å². The lowest BCUT2D eigenvalue weighted by Crippen LogP contribution is -2.49. The summed E-state index contributed by atoms with van der Waals surface area (Å²) < 4.78 is 0. The number of pyridine rings is 1. The number of carbonyl (C=O) groups excluding carboxylic acids is 1. The molecule has 0 radical (unpaired) electrons. The number of aromatic amines is 1. The summed E-state index contributed by atoms with van der Waals surface area (Å²) >= 11 is 0. The fourth-order valence-corrected chi connectivity index (χ4v) is 4.42. The van der Waals surface area contributed by atoms with Gasteiger partial charge in [0.1, 0.15) is 0 Å². The van der Waals surface area contributed by atoms with Crippen molar-refractivity contribution in [2.75, 3.05) is 26.2 Å². The molecule has 0 aliphatic carbocycles. The van der Waals surface area contributed by atoms with Crippen molar-refractivity contribution in [2.45, 2.75) is 44.8 Å². The highest BCUT2D eigenvalue weighted by Crippen LogP contribution is 2.24. The van der Waals surface area contributed by atoms with Crippen LogP contribution in [0, 0.1) is 5.92 Å². The van der Waals surface area contributed by atoms with Crippen LogP contribution < -0.4 is 5.32 Å². The summed E-state index contributed by atoms with van der Waals surface area (Å²) in [4.78, 5) is 29.0. The molecule has 1 amide bonds. The van der Waals surface area contributed by atoms with E-state index >= 15 is 0 Å². The Morgan fingerprint density at radius 2 is 1.93 bits per heavy atom. The first-order chi connectivity index (χ1) is 13.8. The standard InChI is InChI=1S/C21H30N6O/c28-21(24-13-17-2-1-7-22-12-17)18-3-10-27(11-4-18)20-5-8-26(9-6-20)15-19-14-23-16-25-19/h1-2,7,12,14,16,18,20H,3-6,8-11,13,15H2,(H,23,25)(H,24,28). The predicted molar refractivity (Wildman–Crippen MR) is 107 cm³/mol. The molecule has 2 saturated heterocycles. The third kappa shape index (κ3) is 4.97. The molecule has 0 atom stereocenters. The molecule has 2 aromatic rings. The van der Waals surface area contributed by atoms with Crippen LogP contribution >= 0.6 is 0 Å². The second-order valence-corrected chi connectivity index (χ2v) is 7.97. The molecule has 0 spiro atoms. The minimum atomic E-state index is 0.147. The summed E-state index contributed by atoms with van der Waals surface area (Å²) in [7, 11) is 0. The largest absolute Gasteiger partial charge is 0.352 e. The van der Waals surface area contributed by atoms with Crippen molar-refractivity contribution in [3.8, 4) is 0 Å². The average molecular weight is 383 g/mol. The molecular formula is C21H30N6O. The first-order valence-electron chi connectivity index (χ1n) is 10.4. The summed E-state index contributed by atoms with van der Waals surface area (Å²) in [6.07, 6.45) is 11.6. The zero-order valence-electron chi connectivity index (χ0n) is 16.4. The first-order valence-corrected chi connectivity index (χ1v) is 10.4. The van der Waals surface area contributed by atoms with Crippen molar-refractivity contribution < 1.29 is 4.79 Å². The van der Waals surface area contributed by atoms with E-state index in [1.54, 1.807) is 12.5 Å². The van der Waals surface area contributed by atoms with Crippen LogP contribution in [0.25, 0.3) is 0 Å². The van der Waals surface area contributed by atoms with Crippen LogP contribution in [0.4, 0.5) is 0 Å². The fraction of sp³-hybridized carbons (Fsp3) is 0.571. The lowest BCUT2D eigenvalue weighted by molar-refractivity contribution is -0.126. The van der Waals surface area contributed by atoms with Gasteiger partial charge in [-0.05, 0) is 50.4 Å². The maximum Gasteiger partial charge on any atom is 0.223 e. The molecule has 0 bridgehead atoms. The summed E-state index contributed by atoms with van der Waals surface area (Å²) in [6, 6.07) is 4.56. The maximum atomic E-state index is 12.5. The number of piperidine rings is 2. The zero-order valence-corrected chi connectivity index (χ0v) is 16.4. The van der Waals surface area contributed by atoms with E-state index in [0.29, 0.717) is 12.6 Å². The van der Waals surface area contributed by atoms with Gasteiger partial charge in [0.2, 0.25) is 5.91 Å². The SMILES string of the molecule is O=C(NCc1cccnc1)C1CCN(C2CCN(Cc3cnc[nH]3)CC2)CC1. The highest BCUT2D eigenvalue weighted by molar-refractivity contribution is 5.78. The minimum absolute atomic E-state index is 0.147. The summed E-state index contributed by atoms with van der Waals surface area (Å²) in [5.41, 5.74) is 2.24. The van der Waals surface area contributed by atoms with Crippen LogP contribution in [0.5, 0.6) is 0 Å². The number of hydrogen-bond donors (Lipinski definition) is 2. The summed E-state index contributed by atoms with van der Waals surface area (Å²) in [6.45, 7) is 5.88. The van der Waals surface area contributed by atoms with Gasteiger partial charge in [0.05, 0.1) is 6.33 Å². The number of likely N-dealkylation sites (tertiary alicyclic amines) is 2. The molecule has 7 heteroatoms. The molecule has 0 aromatic carbocycles. The van der Waals surface area contributed by atoms with E-state index in [9.17, 15) is 4.79 Å². The van der Waals surface area contributed by atoms with E-state index in [2.05, 4.69) is 30.1 Å². The number of aromatic nitrogens is 3. The van der Waals surface area contributed by atoms with Crippen LogP contribution in [-0.4, -0.2) is 62.9 Å². The van der Waals surface area contributed by atoms with E-state index in [0.717, 1.165) is 51.1 Å². The molecule has 150 valence electrons. The molecule has 2 aliphatic heterocycles. The molecule has 2 N–H and O–H groups in total. The second-order valence-electron chi connectivity index (χ2n) is 7.97. The maximum absolute atomic E-state index is 12.5. The molecule has 4 rings (SSSR count). The molecule has 2 aromatic heterocycles. The lowest BCUT2D eigenvalue weighted by Gasteiger charge is -2.41. The minimum Gasteiger partial charge on any atom is -0.352 e. The number of nitrogens with one attached hydrogen (secondary N) is 2. The highest BCUT2D eigenvalue weighted by atomic mass is 16.1. The van der Waals surface area contributed by atoms with Crippen LogP contribution in [-0.2, 0) is 17.9 Å². The summed E-state index contributed by atoms with van der Waals surface area (Å²) in [5.74, 6) is 0.339. The van der Waals surface area contributed by atoms with Gasteiger partial charge in [-0.1, -0.05) is 6.07 Å². The Bertz CT molecular complexity index is 719. The van der Waals surface area contributed by atoms with Crippen molar-refractivity contribution >= 4 is 5.91 Å². The van der Waals surface area contributed by atoms with Gasteiger partial charge in [-0.15, -0.1) is 0 Å². The average Bonchev–Trinajstić information content (AvgIpc) is 3.26. The monoisotopic (exact) mass is 382 g/mol. The Hall–Kier alpha value is -2.25. The van der Waals surface area contributed by atoms with Crippen molar-refractivity contribution in [1.29, 1.82) is 0 Å². The van der Waals surface area contributed by atoms with Gasteiger partial charge in [-0.2, -0.15) is 0 Å². The Labute approximate surface area is 166 Å². The number of nitrogens with zero attached hydrogens (tertiary/aromatic N) is 4. The van der Waals surface area contributed by atoms with Gasteiger partial charge >= 0.3 is 0 Å². The zero-order chi connectivity index (χ0) is 19.2. The fourth-order valence-electron chi connectivity index (χ4n) is 4.42. The molecule has 28 heavy (non-hydrogen) atoms. The van der Waals surface area contributed by atoms with E-state index in [1.807, 2.05) is 24.5 Å². The third-order valence-electron chi connectivity index (χ3n) is 6.11. The van der Waals surface area contributed by atoms with Crippen LogP contribution in [0.3, 0.4) is 0 Å². The molecule has 2 fully saturated rings. The number of hydrogen-bond acceptors (Lipinski definition) is 5. The van der Waals surface area contributed by atoms with Gasteiger partial charge in [0.15, 0.2) is 0 Å². The van der Waals surface area contributed by atoms with Gasteiger partial charge in [-0.3, -0.25) is 14.7 Å². The molecule has 2 aliphatic rings. The first kappa shape index (κ1) is 19.1. The number of rotatable bonds is 6. The quantitative estimate of drug-likeness (QED) is 0.797. The highest BCUT2D eigenvalue weighted by Gasteiger charge is 2.30. The van der Waals surface area contributed by atoms with Crippen LogP contribution in [0.15, 0.2) is 37.1 Å². The van der Waals surface area contributed by atoms with Crippen molar-refractivity contribution in [3.63, 3.8) is 0 Å². The van der Waals surface area contributed by atoms with Crippen molar-refractivity contribution in [2.24, 2.45) is 5.92 Å². The van der Waals surface area contributed by atoms with E-state index in [4.69, 9.17) is 0 Å². The van der Waals surface area contributed by atoms with Gasteiger partial charge < -0.3 is 15.2 Å². The molecule has 0 saturated carbocycles. The number of H-pyrrole nitrogens is 1. The third-order valence-corrected chi connectivity index (χ3v) is 6.11. The number of carbonyl (C=O) groups is 1. The Kier molecular flexibility index (Phi) is 6.34. The molecule has 0 unspecified atom stereocenters. The Balaban J connectivity index is 1.17. The smallest absolute Gasteiger partial charge is 0.223 e. The second kappa shape index (κ2) is 9.30. The molecule has 7 nitrogen and oxygen atoms in total. The van der Waals surface area contributed by atoms with E-state index in [1.165, 1.54) is 18.5 Å².